The fourth-order valence-electron chi connectivity index (χ4n) is 9.31. The van der Waals surface area contributed by atoms with Crippen LogP contribution in [0.5, 0.6) is 0 Å². The van der Waals surface area contributed by atoms with Crippen LogP contribution in [0.25, 0.3) is 0 Å². The lowest BCUT2D eigenvalue weighted by atomic mass is 9.43. The third-order valence-corrected chi connectivity index (χ3v) is 13.0. The van der Waals surface area contributed by atoms with Crippen LogP contribution >= 0.6 is 8.17 Å². The van der Waals surface area contributed by atoms with Crippen molar-refractivity contribution in [1.82, 2.24) is 5.32 Å². The number of rotatable bonds is 11. The minimum absolute atomic E-state index is 0.0316. The van der Waals surface area contributed by atoms with Crippen LogP contribution in [-0.4, -0.2) is 70.0 Å². The summed E-state index contributed by atoms with van der Waals surface area (Å²) < 4.78 is 62.7. The van der Waals surface area contributed by atoms with E-state index in [-0.39, 0.29) is 72.6 Å². The topological polar surface area (TPSA) is 183 Å². The molecule has 244 valence electrons. The first-order chi connectivity index (χ1) is 19.2. The van der Waals surface area contributed by atoms with Crippen LogP contribution in [0.15, 0.2) is 0 Å². The van der Waals surface area contributed by atoms with Gasteiger partial charge >= 0.3 is 8.17 Å². The molecule has 0 saturated heterocycles. The Morgan fingerprint density at radius 2 is 1.69 bits per heavy atom. The summed E-state index contributed by atoms with van der Waals surface area (Å²) in [4.78, 5) is 38.5. The van der Waals surface area contributed by atoms with E-state index in [9.17, 15) is 27.8 Å². The van der Waals surface area contributed by atoms with E-state index >= 15 is 4.39 Å². The Bertz CT molecular complexity index is 1100. The molecular weight excluding hydrogens is 599 g/mol. The molecule has 10 unspecified atom stereocenters. The Balaban J connectivity index is 1.31. The number of nitrogens with one attached hydrogen (secondary N) is 1. The molecule has 4 aliphatic carbocycles. The molecule has 0 aromatic heterocycles. The molecule has 0 aromatic rings. The van der Waals surface area contributed by atoms with Gasteiger partial charge in [-0.15, -0.1) is 4.52 Å². The SMILES string of the molecule is CC(CCC(=O)NCCS(=O)(=O)OCO[P+](O)(O)O)C1CCC2C3C(CCC12C)C1(C)CCC(O)(F)CC1CC3(O)F. The Kier molecular flexibility index (Phi) is 9.79. The van der Waals surface area contributed by atoms with Gasteiger partial charge in [-0.3, -0.25) is 4.79 Å². The first-order valence-electron chi connectivity index (χ1n) is 14.9. The zero-order valence-corrected chi connectivity index (χ0v) is 26.3. The molecule has 0 spiro atoms. The summed E-state index contributed by atoms with van der Waals surface area (Å²) in [6.07, 6.45) is 4.11. The van der Waals surface area contributed by atoms with E-state index in [1.54, 1.807) is 0 Å². The van der Waals surface area contributed by atoms with E-state index in [1.165, 1.54) is 0 Å². The normalized spacial score (nSPS) is 42.8. The number of carbonyl (C=O) groups is 1. The lowest BCUT2D eigenvalue weighted by Crippen LogP contribution is -2.63. The summed E-state index contributed by atoms with van der Waals surface area (Å²) in [6, 6.07) is 0. The molecule has 6 N–H and O–H groups in total. The highest BCUT2D eigenvalue weighted by Gasteiger charge is 2.68. The van der Waals surface area contributed by atoms with Crippen LogP contribution in [0.3, 0.4) is 0 Å². The second-order valence-electron chi connectivity index (χ2n) is 13.8. The minimum atomic E-state index is -4.62. The molecule has 15 heteroatoms. The maximum Gasteiger partial charge on any atom is 0.569 e. The summed E-state index contributed by atoms with van der Waals surface area (Å²) in [7, 11) is -8.76. The highest BCUT2D eigenvalue weighted by atomic mass is 32.2. The highest BCUT2D eigenvalue weighted by molar-refractivity contribution is 7.86. The molecule has 4 saturated carbocycles. The Morgan fingerprint density at radius 3 is 2.36 bits per heavy atom. The quantitative estimate of drug-likeness (QED) is 0.111. The number of halogens is 2. The number of fused-ring (bicyclic) bond motifs is 5. The van der Waals surface area contributed by atoms with Gasteiger partial charge in [0.1, 0.15) is 0 Å². The van der Waals surface area contributed by atoms with Crippen molar-refractivity contribution in [3.63, 3.8) is 0 Å². The minimum Gasteiger partial charge on any atom is -0.362 e. The van der Waals surface area contributed by atoms with Crippen LogP contribution in [0, 0.1) is 46.3 Å². The molecule has 4 aliphatic rings. The van der Waals surface area contributed by atoms with E-state index < -0.39 is 54.4 Å². The molecule has 4 rings (SSSR count). The van der Waals surface area contributed by atoms with Crippen molar-refractivity contribution in [3.8, 4) is 0 Å². The van der Waals surface area contributed by atoms with Gasteiger partial charge in [-0.25, -0.2) is 13.0 Å². The van der Waals surface area contributed by atoms with Crippen LogP contribution in [0.1, 0.15) is 85.0 Å². The Morgan fingerprint density at radius 1 is 1.02 bits per heavy atom. The Hall–Kier alpha value is -0.570. The lowest BCUT2D eigenvalue weighted by Gasteiger charge is -2.63. The third-order valence-electron chi connectivity index (χ3n) is 11.4. The molecule has 0 heterocycles. The fourth-order valence-corrected chi connectivity index (χ4v) is 10.2. The molecule has 0 radical (unpaired) electrons. The first kappa shape index (κ1) is 34.3. The van der Waals surface area contributed by atoms with Gasteiger partial charge in [0.2, 0.25) is 24.4 Å². The summed E-state index contributed by atoms with van der Waals surface area (Å²) >= 11 is 0. The van der Waals surface area contributed by atoms with Gasteiger partial charge in [0, 0.05) is 38.1 Å². The summed E-state index contributed by atoms with van der Waals surface area (Å²) in [5, 5.41) is 23.8. The number of hydrogen-bond donors (Lipinski definition) is 6. The summed E-state index contributed by atoms with van der Waals surface area (Å²) in [6.45, 7) is 5.04. The van der Waals surface area contributed by atoms with Crippen molar-refractivity contribution in [1.29, 1.82) is 0 Å². The van der Waals surface area contributed by atoms with Crippen molar-refractivity contribution in [2.24, 2.45) is 46.3 Å². The second-order valence-corrected chi connectivity index (χ2v) is 16.9. The second kappa shape index (κ2) is 12.0. The monoisotopic (exact) mass is 646 g/mol. The van der Waals surface area contributed by atoms with Crippen LogP contribution in [0.4, 0.5) is 8.78 Å². The van der Waals surface area contributed by atoms with Gasteiger partial charge in [0.15, 0.2) is 0 Å². The summed E-state index contributed by atoms with van der Waals surface area (Å²) in [5.74, 6) is -6.42. The van der Waals surface area contributed by atoms with Crippen molar-refractivity contribution in [2.75, 3.05) is 19.1 Å². The van der Waals surface area contributed by atoms with Crippen molar-refractivity contribution < 1.29 is 55.6 Å². The van der Waals surface area contributed by atoms with Crippen molar-refractivity contribution in [3.05, 3.63) is 0 Å². The van der Waals surface area contributed by atoms with Gasteiger partial charge in [0.25, 0.3) is 10.1 Å². The number of amides is 1. The lowest BCUT2D eigenvalue weighted by molar-refractivity contribution is -0.284. The average Bonchev–Trinajstić information content (AvgIpc) is 3.19. The van der Waals surface area contributed by atoms with E-state index in [0.29, 0.717) is 12.8 Å². The molecule has 11 nitrogen and oxygen atoms in total. The predicted molar refractivity (Wildman–Crippen MR) is 149 cm³/mol. The molecule has 0 aromatic carbocycles. The van der Waals surface area contributed by atoms with E-state index in [4.69, 9.17) is 14.7 Å². The van der Waals surface area contributed by atoms with Gasteiger partial charge in [0.05, 0.1) is 5.75 Å². The maximum absolute atomic E-state index is 16.1. The standard InChI is InChI=1S/C27H46F2NO10PS/c1-17(4-7-22(31)30-12-13-42(37,38)40-16-39-41(34,35)36)19-5-6-20-23-21(8-9-25(19,20)3)24(2)10-11-26(28,32)14-18(24)15-27(23,29)33/h17-21,23,32-36H,4-16H2,1-3H3/p+1. The van der Waals surface area contributed by atoms with Gasteiger partial charge in [-0.05, 0) is 78.9 Å². The maximum atomic E-state index is 16.1. The number of carbonyl (C=O) groups excluding carboxylic acids is 1. The first-order valence-corrected chi connectivity index (χ1v) is 18.0. The molecular formula is C27H47F2NO10PS+. The molecule has 0 aliphatic heterocycles. The largest absolute Gasteiger partial charge is 0.569 e. The predicted octanol–water partition coefficient (Wildman–Crippen LogP) is 3.08. The molecule has 42 heavy (non-hydrogen) atoms. The Labute approximate surface area is 247 Å². The van der Waals surface area contributed by atoms with Crippen LogP contribution in [-0.2, 0) is 23.6 Å². The molecule has 0 bridgehead atoms. The van der Waals surface area contributed by atoms with Crippen molar-refractivity contribution >= 4 is 24.2 Å². The van der Waals surface area contributed by atoms with E-state index in [0.717, 1.165) is 25.7 Å². The summed E-state index contributed by atoms with van der Waals surface area (Å²) in [5.41, 5.74) is -0.556. The molecule has 10 atom stereocenters. The van der Waals surface area contributed by atoms with E-state index in [1.807, 2.05) is 0 Å². The zero-order valence-electron chi connectivity index (χ0n) is 24.5. The fraction of sp³-hybridized carbons (Fsp3) is 0.963. The van der Waals surface area contributed by atoms with Gasteiger partial charge < -0.3 is 15.5 Å². The molecule has 4 fully saturated rings. The van der Waals surface area contributed by atoms with Gasteiger partial charge in [-0.1, -0.05) is 20.8 Å². The zero-order chi connectivity index (χ0) is 31.4. The molecule has 1 amide bonds. The smallest absolute Gasteiger partial charge is 0.362 e. The number of alkyl halides is 2. The number of aliphatic hydroxyl groups is 2. The average molecular weight is 647 g/mol. The van der Waals surface area contributed by atoms with Crippen molar-refractivity contribution in [2.45, 2.75) is 96.7 Å². The van der Waals surface area contributed by atoms with Crippen LogP contribution < -0.4 is 5.32 Å². The highest BCUT2D eigenvalue weighted by Crippen LogP contribution is 2.71. The van der Waals surface area contributed by atoms with Crippen LogP contribution in [0.2, 0.25) is 0 Å². The van der Waals surface area contributed by atoms with Gasteiger partial charge in [-0.2, -0.15) is 23.1 Å². The number of hydrogen-bond acceptors (Lipinski definition) is 10. The van der Waals surface area contributed by atoms with E-state index in [2.05, 4.69) is 34.8 Å². The third kappa shape index (κ3) is 7.28.